The minimum absolute atomic E-state index is 0.214. The molecule has 0 unspecified atom stereocenters. The van der Waals surface area contributed by atoms with E-state index in [1.165, 1.54) is 11.8 Å². The summed E-state index contributed by atoms with van der Waals surface area (Å²) in [4.78, 5) is 12.6. The molecule has 0 saturated heterocycles. The summed E-state index contributed by atoms with van der Waals surface area (Å²) in [5.74, 6) is 0.0329. The van der Waals surface area contributed by atoms with Crippen LogP contribution in [0.5, 0.6) is 0 Å². The Kier molecular flexibility index (Phi) is 6.14. The zero-order valence-electron chi connectivity index (χ0n) is 10.0. The molecule has 0 saturated carbocycles. The van der Waals surface area contributed by atoms with E-state index in [4.69, 9.17) is 10.2 Å². The zero-order chi connectivity index (χ0) is 13.6. The van der Waals surface area contributed by atoms with Gasteiger partial charge in [-0.05, 0) is 31.2 Å². The standard InChI is InChI=1S/C12H16BrNO3S/c1-12(7-15,8-16)14-11(17)6-18-10-4-2-9(13)3-5-10/h2-5,15-16H,6-8H2,1H3,(H,14,17). The van der Waals surface area contributed by atoms with E-state index in [0.29, 0.717) is 0 Å². The molecule has 0 spiro atoms. The largest absolute Gasteiger partial charge is 0.394 e. The van der Waals surface area contributed by atoms with Gasteiger partial charge in [0.25, 0.3) is 0 Å². The van der Waals surface area contributed by atoms with Gasteiger partial charge in [-0.2, -0.15) is 0 Å². The molecule has 0 aliphatic rings. The van der Waals surface area contributed by atoms with Crippen molar-refractivity contribution in [1.82, 2.24) is 5.32 Å². The Bertz CT molecular complexity index is 393. The molecule has 0 bridgehead atoms. The average molecular weight is 334 g/mol. The summed E-state index contributed by atoms with van der Waals surface area (Å²) in [5, 5.41) is 20.7. The normalized spacial score (nSPS) is 11.3. The Morgan fingerprint density at radius 3 is 2.39 bits per heavy atom. The predicted octanol–water partition coefficient (Wildman–Crippen LogP) is 1.40. The second-order valence-corrected chi connectivity index (χ2v) is 6.13. The Labute approximate surface area is 119 Å². The molecule has 1 amide bonds. The molecule has 100 valence electrons. The molecule has 0 heterocycles. The summed E-state index contributed by atoms with van der Waals surface area (Å²) in [7, 11) is 0. The number of nitrogens with one attached hydrogen (secondary N) is 1. The lowest BCUT2D eigenvalue weighted by Gasteiger charge is -2.26. The Morgan fingerprint density at radius 2 is 1.89 bits per heavy atom. The van der Waals surface area contributed by atoms with Crippen LogP contribution in [0.4, 0.5) is 0 Å². The first-order chi connectivity index (χ1) is 8.49. The number of carbonyl (C=O) groups is 1. The van der Waals surface area contributed by atoms with Gasteiger partial charge in [0.05, 0.1) is 24.5 Å². The van der Waals surface area contributed by atoms with Gasteiger partial charge in [0, 0.05) is 9.37 Å². The second kappa shape index (κ2) is 7.13. The average Bonchev–Trinajstić information content (AvgIpc) is 2.38. The van der Waals surface area contributed by atoms with Crippen molar-refractivity contribution in [3.05, 3.63) is 28.7 Å². The number of thioether (sulfide) groups is 1. The second-order valence-electron chi connectivity index (χ2n) is 4.17. The SMILES string of the molecule is CC(CO)(CO)NC(=O)CSc1ccc(Br)cc1. The van der Waals surface area contributed by atoms with E-state index in [-0.39, 0.29) is 24.9 Å². The van der Waals surface area contributed by atoms with Gasteiger partial charge in [-0.15, -0.1) is 11.8 Å². The lowest BCUT2D eigenvalue weighted by molar-refractivity contribution is -0.121. The minimum Gasteiger partial charge on any atom is -0.394 e. The molecule has 4 nitrogen and oxygen atoms in total. The Balaban J connectivity index is 2.44. The minimum atomic E-state index is -0.961. The van der Waals surface area contributed by atoms with Gasteiger partial charge in [0.1, 0.15) is 0 Å². The summed E-state index contributed by atoms with van der Waals surface area (Å²) in [6.45, 7) is 1.01. The first-order valence-electron chi connectivity index (χ1n) is 5.40. The molecule has 1 rings (SSSR count). The maximum absolute atomic E-state index is 11.7. The van der Waals surface area contributed by atoms with Crippen LogP contribution in [0.3, 0.4) is 0 Å². The molecule has 1 aromatic carbocycles. The molecule has 0 atom stereocenters. The molecule has 1 aromatic rings. The maximum Gasteiger partial charge on any atom is 0.230 e. The van der Waals surface area contributed by atoms with Crippen molar-refractivity contribution >= 4 is 33.6 Å². The highest BCUT2D eigenvalue weighted by molar-refractivity contribution is 9.10. The van der Waals surface area contributed by atoms with Gasteiger partial charge in [-0.3, -0.25) is 4.79 Å². The van der Waals surface area contributed by atoms with Gasteiger partial charge in [0.2, 0.25) is 5.91 Å². The third-order valence-electron chi connectivity index (χ3n) is 2.32. The Hall–Kier alpha value is -0.560. The lowest BCUT2D eigenvalue weighted by atomic mass is 10.1. The first-order valence-corrected chi connectivity index (χ1v) is 7.18. The number of aliphatic hydroxyl groups excluding tert-OH is 2. The predicted molar refractivity (Wildman–Crippen MR) is 75.6 cm³/mol. The maximum atomic E-state index is 11.7. The quantitative estimate of drug-likeness (QED) is 0.688. The van der Waals surface area contributed by atoms with Crippen LogP contribution in [0.15, 0.2) is 33.6 Å². The first kappa shape index (κ1) is 15.5. The molecule has 0 aromatic heterocycles. The fraction of sp³-hybridized carbons (Fsp3) is 0.417. The number of rotatable bonds is 6. The third-order valence-corrected chi connectivity index (χ3v) is 3.86. The highest BCUT2D eigenvalue weighted by atomic mass is 79.9. The summed E-state index contributed by atoms with van der Waals surface area (Å²) >= 11 is 4.74. The van der Waals surface area contributed by atoms with Crippen molar-refractivity contribution in [2.45, 2.75) is 17.4 Å². The van der Waals surface area contributed by atoms with E-state index in [1.807, 2.05) is 24.3 Å². The fourth-order valence-corrected chi connectivity index (χ4v) is 2.14. The van der Waals surface area contributed by atoms with Crippen LogP contribution in [0.2, 0.25) is 0 Å². The summed E-state index contributed by atoms with van der Waals surface area (Å²) in [6, 6.07) is 7.65. The molecular weight excluding hydrogens is 318 g/mol. The fourth-order valence-electron chi connectivity index (χ4n) is 1.18. The molecule has 18 heavy (non-hydrogen) atoms. The van der Waals surface area contributed by atoms with Crippen molar-refractivity contribution in [3.63, 3.8) is 0 Å². The molecule has 0 fully saturated rings. The number of benzene rings is 1. The number of hydrogen-bond donors (Lipinski definition) is 3. The molecule has 0 aliphatic carbocycles. The summed E-state index contributed by atoms with van der Waals surface area (Å²) < 4.78 is 0.990. The van der Waals surface area contributed by atoms with Crippen molar-refractivity contribution in [2.75, 3.05) is 19.0 Å². The molecule has 0 radical (unpaired) electrons. The highest BCUT2D eigenvalue weighted by Crippen LogP contribution is 2.20. The molecule has 3 N–H and O–H groups in total. The van der Waals surface area contributed by atoms with Crippen molar-refractivity contribution < 1.29 is 15.0 Å². The monoisotopic (exact) mass is 333 g/mol. The van der Waals surface area contributed by atoms with Gasteiger partial charge in [-0.25, -0.2) is 0 Å². The Morgan fingerprint density at radius 1 is 1.33 bits per heavy atom. The summed E-state index contributed by atoms with van der Waals surface area (Å²) in [5.41, 5.74) is -0.961. The zero-order valence-corrected chi connectivity index (χ0v) is 12.4. The van der Waals surface area contributed by atoms with Crippen LogP contribution in [-0.4, -0.2) is 40.6 Å². The number of hydrogen-bond acceptors (Lipinski definition) is 4. The van der Waals surface area contributed by atoms with E-state index in [9.17, 15) is 4.79 Å². The number of amides is 1. The van der Waals surface area contributed by atoms with Gasteiger partial charge >= 0.3 is 0 Å². The number of carbonyl (C=O) groups excluding carboxylic acids is 1. The van der Waals surface area contributed by atoms with E-state index >= 15 is 0 Å². The van der Waals surface area contributed by atoms with Crippen LogP contribution < -0.4 is 5.32 Å². The third kappa shape index (κ3) is 4.97. The van der Waals surface area contributed by atoms with E-state index in [0.717, 1.165) is 9.37 Å². The van der Waals surface area contributed by atoms with Crippen LogP contribution in [-0.2, 0) is 4.79 Å². The van der Waals surface area contributed by atoms with Crippen LogP contribution >= 0.6 is 27.7 Å². The number of halogens is 1. The molecular formula is C12H16BrNO3S. The van der Waals surface area contributed by atoms with Crippen LogP contribution in [0, 0.1) is 0 Å². The number of aliphatic hydroxyl groups is 2. The molecule has 6 heteroatoms. The van der Waals surface area contributed by atoms with E-state index in [1.54, 1.807) is 6.92 Å². The topological polar surface area (TPSA) is 69.6 Å². The van der Waals surface area contributed by atoms with Crippen molar-refractivity contribution in [2.24, 2.45) is 0 Å². The van der Waals surface area contributed by atoms with Crippen molar-refractivity contribution in [3.8, 4) is 0 Å². The van der Waals surface area contributed by atoms with Crippen LogP contribution in [0.25, 0.3) is 0 Å². The van der Waals surface area contributed by atoms with E-state index in [2.05, 4.69) is 21.2 Å². The van der Waals surface area contributed by atoms with Crippen molar-refractivity contribution in [1.29, 1.82) is 0 Å². The van der Waals surface area contributed by atoms with Gasteiger partial charge in [0.15, 0.2) is 0 Å². The lowest BCUT2D eigenvalue weighted by Crippen LogP contribution is -2.52. The van der Waals surface area contributed by atoms with E-state index < -0.39 is 5.54 Å². The van der Waals surface area contributed by atoms with Crippen LogP contribution in [0.1, 0.15) is 6.92 Å². The van der Waals surface area contributed by atoms with Gasteiger partial charge in [-0.1, -0.05) is 15.9 Å². The van der Waals surface area contributed by atoms with Gasteiger partial charge < -0.3 is 15.5 Å². The highest BCUT2D eigenvalue weighted by Gasteiger charge is 2.24. The summed E-state index contributed by atoms with van der Waals surface area (Å²) in [6.07, 6.45) is 0. The molecule has 0 aliphatic heterocycles. The smallest absolute Gasteiger partial charge is 0.230 e.